The Balaban J connectivity index is 2.50. The summed E-state index contributed by atoms with van der Waals surface area (Å²) in [5, 5.41) is 9.86. The molecule has 0 spiro atoms. The van der Waals surface area contributed by atoms with E-state index in [-0.39, 0.29) is 5.69 Å². The summed E-state index contributed by atoms with van der Waals surface area (Å²) >= 11 is 1.57. The van der Waals surface area contributed by atoms with Crippen LogP contribution in [0, 0.1) is 0 Å². The molecular weight excluding hydrogens is 200 g/mol. The van der Waals surface area contributed by atoms with Gasteiger partial charge in [0.05, 0.1) is 15.2 Å². The van der Waals surface area contributed by atoms with E-state index in [0.29, 0.717) is 0 Å². The van der Waals surface area contributed by atoms with Crippen molar-refractivity contribution in [1.29, 1.82) is 0 Å². The van der Waals surface area contributed by atoms with Crippen molar-refractivity contribution in [3.63, 3.8) is 0 Å². The molecule has 0 saturated carbocycles. The number of H-pyrrole nitrogens is 1. The molecule has 0 aliphatic rings. The Hall–Kier alpha value is -1.49. The van der Waals surface area contributed by atoms with Crippen LogP contribution in [0.4, 0.5) is 5.00 Å². The number of thiophene rings is 1. The highest BCUT2D eigenvalue weighted by atomic mass is 32.1. The van der Waals surface area contributed by atoms with Gasteiger partial charge in [0, 0.05) is 14.1 Å². The number of aromatic nitrogens is 1. The molecule has 2 aromatic heterocycles. The zero-order chi connectivity index (χ0) is 10.3. The molecule has 0 unspecified atom stereocenters. The fraction of sp³-hybridized carbons (Fsp3) is 0.222. The quantitative estimate of drug-likeness (QED) is 0.797. The minimum absolute atomic E-state index is 0.247. The maximum Gasteiger partial charge on any atom is 0.352 e. The van der Waals surface area contributed by atoms with Gasteiger partial charge in [-0.05, 0) is 12.1 Å². The molecule has 4 nitrogen and oxygen atoms in total. The summed E-state index contributed by atoms with van der Waals surface area (Å²) in [6, 6.07) is 3.61. The summed E-state index contributed by atoms with van der Waals surface area (Å²) in [5.41, 5.74) is 1.13. The van der Waals surface area contributed by atoms with Crippen molar-refractivity contribution in [2.75, 3.05) is 19.0 Å². The maximum atomic E-state index is 10.7. The van der Waals surface area contributed by atoms with E-state index in [1.54, 1.807) is 17.4 Å². The molecule has 0 aliphatic carbocycles. The summed E-state index contributed by atoms with van der Waals surface area (Å²) < 4.78 is 0.978. The molecule has 2 N–H and O–H groups in total. The van der Waals surface area contributed by atoms with Crippen LogP contribution >= 0.6 is 11.3 Å². The van der Waals surface area contributed by atoms with Crippen LogP contribution in [-0.2, 0) is 0 Å². The monoisotopic (exact) mass is 210 g/mol. The van der Waals surface area contributed by atoms with Crippen molar-refractivity contribution in [2.24, 2.45) is 0 Å². The van der Waals surface area contributed by atoms with Crippen LogP contribution in [0.3, 0.4) is 0 Å². The van der Waals surface area contributed by atoms with Crippen molar-refractivity contribution in [1.82, 2.24) is 4.98 Å². The number of carboxylic acid groups (broad SMARTS) is 1. The second kappa shape index (κ2) is 3.02. The van der Waals surface area contributed by atoms with Gasteiger partial charge < -0.3 is 15.0 Å². The Bertz CT molecular complexity index is 452. The third-order valence-corrected chi connectivity index (χ3v) is 3.21. The first-order valence-electron chi connectivity index (χ1n) is 4.11. The number of rotatable bonds is 2. The number of hydrogen-bond donors (Lipinski definition) is 2. The third-order valence-electron chi connectivity index (χ3n) is 1.96. The number of anilines is 1. The molecule has 2 aromatic rings. The number of aromatic amines is 1. The third kappa shape index (κ3) is 1.35. The van der Waals surface area contributed by atoms with Crippen LogP contribution in [0.15, 0.2) is 12.1 Å². The van der Waals surface area contributed by atoms with Crippen LogP contribution in [0.1, 0.15) is 10.5 Å². The zero-order valence-corrected chi connectivity index (χ0v) is 8.68. The topological polar surface area (TPSA) is 56.3 Å². The summed E-state index contributed by atoms with van der Waals surface area (Å²) in [4.78, 5) is 15.5. The van der Waals surface area contributed by atoms with Gasteiger partial charge in [-0.3, -0.25) is 0 Å². The molecule has 0 atom stereocenters. The standard InChI is InChI=1S/C9H10N2O2S/c1-11(2)8-4-5-7(14-8)3-6(10-5)9(12)13/h3-4,10H,1-2H3,(H,12,13). The van der Waals surface area contributed by atoms with Gasteiger partial charge in [-0.15, -0.1) is 11.3 Å². The molecule has 0 aromatic carbocycles. The summed E-state index contributed by atoms with van der Waals surface area (Å²) in [5.74, 6) is -0.917. The van der Waals surface area contributed by atoms with Gasteiger partial charge in [-0.25, -0.2) is 4.79 Å². The second-order valence-electron chi connectivity index (χ2n) is 3.25. The molecule has 2 rings (SSSR count). The van der Waals surface area contributed by atoms with Crippen LogP contribution in [0.2, 0.25) is 0 Å². The number of carbonyl (C=O) groups is 1. The first kappa shape index (κ1) is 9.08. The number of nitrogens with zero attached hydrogens (tertiary/aromatic N) is 1. The first-order chi connectivity index (χ1) is 6.58. The van der Waals surface area contributed by atoms with E-state index >= 15 is 0 Å². The Kier molecular flexibility index (Phi) is 1.96. The number of aromatic carboxylic acids is 1. The van der Waals surface area contributed by atoms with Crippen LogP contribution < -0.4 is 4.90 Å². The fourth-order valence-electron chi connectivity index (χ4n) is 1.24. The smallest absolute Gasteiger partial charge is 0.352 e. The van der Waals surface area contributed by atoms with Gasteiger partial charge in [0.2, 0.25) is 0 Å². The molecule has 0 bridgehead atoms. The minimum atomic E-state index is -0.917. The van der Waals surface area contributed by atoms with E-state index in [1.807, 2.05) is 25.1 Å². The van der Waals surface area contributed by atoms with E-state index in [4.69, 9.17) is 5.11 Å². The second-order valence-corrected chi connectivity index (χ2v) is 4.31. The van der Waals surface area contributed by atoms with Gasteiger partial charge in [0.15, 0.2) is 0 Å². The fourth-order valence-corrected chi connectivity index (χ4v) is 2.23. The van der Waals surface area contributed by atoms with Gasteiger partial charge in [0.25, 0.3) is 0 Å². The zero-order valence-electron chi connectivity index (χ0n) is 7.87. The Morgan fingerprint density at radius 3 is 2.71 bits per heavy atom. The number of carboxylic acids is 1. The highest BCUT2D eigenvalue weighted by Gasteiger charge is 2.10. The Labute approximate surface area is 84.8 Å². The molecule has 0 amide bonds. The highest BCUT2D eigenvalue weighted by molar-refractivity contribution is 7.22. The van der Waals surface area contributed by atoms with Gasteiger partial charge in [0.1, 0.15) is 5.69 Å². The molecule has 14 heavy (non-hydrogen) atoms. The lowest BCUT2D eigenvalue weighted by Gasteiger charge is -2.06. The largest absolute Gasteiger partial charge is 0.477 e. The van der Waals surface area contributed by atoms with Crippen molar-refractivity contribution in [3.8, 4) is 0 Å². The molecule has 74 valence electrons. The van der Waals surface area contributed by atoms with E-state index in [2.05, 4.69) is 4.98 Å². The summed E-state index contributed by atoms with van der Waals surface area (Å²) in [6.45, 7) is 0. The predicted molar refractivity (Wildman–Crippen MR) is 57.5 cm³/mol. The normalized spacial score (nSPS) is 10.7. The van der Waals surface area contributed by atoms with Crippen molar-refractivity contribution in [2.45, 2.75) is 0 Å². The Morgan fingerprint density at radius 1 is 1.50 bits per heavy atom. The average molecular weight is 210 g/mol. The highest BCUT2D eigenvalue weighted by Crippen LogP contribution is 2.31. The van der Waals surface area contributed by atoms with Crippen molar-refractivity contribution >= 4 is 32.5 Å². The molecule has 0 saturated heterocycles. The summed E-state index contributed by atoms with van der Waals surface area (Å²) in [6.07, 6.45) is 0. The van der Waals surface area contributed by atoms with Crippen LogP contribution in [-0.4, -0.2) is 30.2 Å². The SMILES string of the molecule is CN(C)c1cc2[nH]c(C(=O)O)cc2s1. The maximum absolute atomic E-state index is 10.7. The Morgan fingerprint density at radius 2 is 2.21 bits per heavy atom. The molecule has 0 aliphatic heterocycles. The van der Waals surface area contributed by atoms with E-state index < -0.39 is 5.97 Å². The number of fused-ring (bicyclic) bond motifs is 1. The lowest BCUT2D eigenvalue weighted by atomic mass is 10.4. The predicted octanol–water partition coefficient (Wildman–Crippen LogP) is 1.99. The summed E-state index contributed by atoms with van der Waals surface area (Å²) in [7, 11) is 3.92. The van der Waals surface area contributed by atoms with E-state index in [9.17, 15) is 4.79 Å². The minimum Gasteiger partial charge on any atom is -0.477 e. The van der Waals surface area contributed by atoms with Crippen molar-refractivity contribution < 1.29 is 9.90 Å². The molecule has 2 heterocycles. The molecular formula is C9H10N2O2S. The van der Waals surface area contributed by atoms with Gasteiger partial charge >= 0.3 is 5.97 Å². The number of nitrogens with one attached hydrogen (secondary N) is 1. The van der Waals surface area contributed by atoms with E-state index in [1.165, 1.54) is 0 Å². The molecule has 0 radical (unpaired) electrons. The van der Waals surface area contributed by atoms with Crippen LogP contribution in [0.25, 0.3) is 10.2 Å². The van der Waals surface area contributed by atoms with Crippen LogP contribution in [0.5, 0.6) is 0 Å². The van der Waals surface area contributed by atoms with Gasteiger partial charge in [-0.2, -0.15) is 0 Å². The van der Waals surface area contributed by atoms with Crippen molar-refractivity contribution in [3.05, 3.63) is 17.8 Å². The average Bonchev–Trinajstić information content (AvgIpc) is 2.57. The lowest BCUT2D eigenvalue weighted by Crippen LogP contribution is -2.05. The molecule has 0 fully saturated rings. The molecule has 5 heteroatoms. The van der Waals surface area contributed by atoms with E-state index in [0.717, 1.165) is 15.2 Å². The number of hydrogen-bond acceptors (Lipinski definition) is 3. The van der Waals surface area contributed by atoms with Gasteiger partial charge in [-0.1, -0.05) is 0 Å². The lowest BCUT2D eigenvalue weighted by molar-refractivity contribution is 0.0691. The first-order valence-corrected chi connectivity index (χ1v) is 4.93.